The molecule has 2 atom stereocenters. The third-order valence-corrected chi connectivity index (χ3v) is 2.58. The molecule has 1 N–H and O–H groups in total. The highest BCUT2D eigenvalue weighted by Crippen LogP contribution is 2.37. The van der Waals surface area contributed by atoms with Crippen LogP contribution in [0, 0.1) is 0 Å². The van der Waals surface area contributed by atoms with Crippen molar-refractivity contribution in [3.63, 3.8) is 0 Å². The highest BCUT2D eigenvalue weighted by atomic mass is 19.3. The maximum atomic E-state index is 12.8. The molecule has 58 valence electrons. The van der Waals surface area contributed by atoms with Crippen LogP contribution in [0.5, 0.6) is 0 Å². The van der Waals surface area contributed by atoms with Gasteiger partial charge in [-0.15, -0.1) is 0 Å². The molecule has 2 aliphatic heterocycles. The van der Waals surface area contributed by atoms with Gasteiger partial charge in [0.2, 0.25) is 0 Å². The molecule has 0 saturated carbocycles. The van der Waals surface area contributed by atoms with E-state index >= 15 is 0 Å². The lowest BCUT2D eigenvalue weighted by Gasteiger charge is -2.29. The number of fused-ring (bicyclic) bond motifs is 2. The van der Waals surface area contributed by atoms with Gasteiger partial charge in [0.15, 0.2) is 0 Å². The van der Waals surface area contributed by atoms with Gasteiger partial charge in [-0.05, 0) is 19.3 Å². The molecule has 0 aromatic carbocycles. The molecular weight excluding hydrogens is 136 g/mol. The summed E-state index contributed by atoms with van der Waals surface area (Å²) in [5.41, 5.74) is 0. The molecule has 2 unspecified atom stereocenters. The average molecular weight is 147 g/mol. The molecule has 2 heterocycles. The van der Waals surface area contributed by atoms with Crippen molar-refractivity contribution in [2.45, 2.75) is 43.7 Å². The van der Waals surface area contributed by atoms with Gasteiger partial charge in [0, 0.05) is 12.5 Å². The Morgan fingerprint density at radius 3 is 2.70 bits per heavy atom. The van der Waals surface area contributed by atoms with Crippen molar-refractivity contribution in [3.8, 4) is 0 Å². The maximum Gasteiger partial charge on any atom is 0.263 e. The average Bonchev–Trinajstić information content (AvgIpc) is 2.26. The highest BCUT2D eigenvalue weighted by molar-refractivity contribution is 4.97. The quantitative estimate of drug-likeness (QED) is 0.548. The third kappa shape index (κ3) is 0.839. The molecule has 2 saturated heterocycles. The predicted octanol–water partition coefficient (Wildman–Crippen LogP) is 1.54. The van der Waals surface area contributed by atoms with Gasteiger partial charge in [-0.1, -0.05) is 0 Å². The molecule has 0 aromatic heterocycles. The van der Waals surface area contributed by atoms with Crippen LogP contribution in [0.25, 0.3) is 0 Å². The maximum absolute atomic E-state index is 12.8. The summed E-state index contributed by atoms with van der Waals surface area (Å²) in [6.07, 6.45) is 2.36. The van der Waals surface area contributed by atoms with Crippen molar-refractivity contribution < 1.29 is 8.78 Å². The summed E-state index contributed by atoms with van der Waals surface area (Å²) >= 11 is 0. The number of piperidine rings is 1. The highest BCUT2D eigenvalue weighted by Gasteiger charge is 2.47. The first-order valence-corrected chi connectivity index (χ1v) is 3.82. The van der Waals surface area contributed by atoms with E-state index in [1.807, 2.05) is 0 Å². The Hall–Kier alpha value is -0.180. The molecule has 1 nitrogen and oxygen atoms in total. The Balaban J connectivity index is 2.14. The van der Waals surface area contributed by atoms with Gasteiger partial charge in [-0.3, -0.25) is 0 Å². The van der Waals surface area contributed by atoms with Crippen LogP contribution in [-0.4, -0.2) is 18.0 Å². The Bertz CT molecular complexity index is 147. The van der Waals surface area contributed by atoms with Crippen LogP contribution in [0.1, 0.15) is 25.7 Å². The van der Waals surface area contributed by atoms with Crippen molar-refractivity contribution in [2.24, 2.45) is 0 Å². The SMILES string of the molecule is FC1(F)CCC2CCC1N2. The van der Waals surface area contributed by atoms with E-state index in [-0.39, 0.29) is 6.42 Å². The van der Waals surface area contributed by atoms with Crippen LogP contribution in [0.15, 0.2) is 0 Å². The van der Waals surface area contributed by atoms with E-state index in [9.17, 15) is 8.78 Å². The fraction of sp³-hybridized carbons (Fsp3) is 1.00. The molecule has 0 aromatic rings. The standard InChI is InChI=1S/C7H11F2N/c8-7(9)4-3-5-1-2-6(7)10-5/h5-6,10H,1-4H2. The van der Waals surface area contributed by atoms with Gasteiger partial charge < -0.3 is 5.32 Å². The minimum atomic E-state index is -2.42. The molecule has 2 fully saturated rings. The summed E-state index contributed by atoms with van der Waals surface area (Å²) in [6.45, 7) is 0. The number of nitrogens with one attached hydrogen (secondary N) is 1. The van der Waals surface area contributed by atoms with Crippen molar-refractivity contribution >= 4 is 0 Å². The molecule has 0 amide bonds. The van der Waals surface area contributed by atoms with Crippen molar-refractivity contribution in [1.29, 1.82) is 0 Å². The second-order valence-corrected chi connectivity index (χ2v) is 3.29. The number of alkyl halides is 2. The van der Waals surface area contributed by atoms with Crippen LogP contribution < -0.4 is 5.32 Å². The van der Waals surface area contributed by atoms with Crippen LogP contribution in [-0.2, 0) is 0 Å². The van der Waals surface area contributed by atoms with Gasteiger partial charge >= 0.3 is 0 Å². The number of rotatable bonds is 0. The van der Waals surface area contributed by atoms with Gasteiger partial charge in [0.25, 0.3) is 5.92 Å². The lowest BCUT2D eigenvalue weighted by atomic mass is 10.0. The predicted molar refractivity (Wildman–Crippen MR) is 34.1 cm³/mol. The Morgan fingerprint density at radius 2 is 2.00 bits per heavy atom. The summed E-state index contributed by atoms with van der Waals surface area (Å²) in [5.74, 6) is -2.42. The lowest BCUT2D eigenvalue weighted by Crippen LogP contribution is -2.48. The molecular formula is C7H11F2N. The first kappa shape index (κ1) is 6.53. The number of halogens is 2. The van der Waals surface area contributed by atoms with E-state index in [0.717, 1.165) is 6.42 Å². The van der Waals surface area contributed by atoms with E-state index in [4.69, 9.17) is 0 Å². The minimum Gasteiger partial charge on any atom is -0.306 e. The molecule has 2 aliphatic rings. The summed E-state index contributed by atoms with van der Waals surface area (Å²) in [6, 6.07) is -0.115. The topological polar surface area (TPSA) is 12.0 Å². The van der Waals surface area contributed by atoms with Crippen LogP contribution in [0.2, 0.25) is 0 Å². The summed E-state index contributed by atoms with van der Waals surface area (Å²) in [4.78, 5) is 0. The molecule has 0 aliphatic carbocycles. The van der Waals surface area contributed by atoms with Crippen molar-refractivity contribution in [3.05, 3.63) is 0 Å². The molecule has 3 heteroatoms. The number of hydrogen-bond acceptors (Lipinski definition) is 1. The smallest absolute Gasteiger partial charge is 0.263 e. The Morgan fingerprint density at radius 1 is 1.20 bits per heavy atom. The zero-order chi connectivity index (χ0) is 7.19. The second-order valence-electron chi connectivity index (χ2n) is 3.29. The minimum absolute atomic E-state index is 0.0926. The zero-order valence-corrected chi connectivity index (χ0v) is 5.74. The van der Waals surface area contributed by atoms with Crippen molar-refractivity contribution in [2.75, 3.05) is 0 Å². The van der Waals surface area contributed by atoms with E-state index in [1.54, 1.807) is 0 Å². The Labute approximate surface area is 58.8 Å². The largest absolute Gasteiger partial charge is 0.306 e. The second kappa shape index (κ2) is 1.91. The molecule has 0 spiro atoms. The van der Waals surface area contributed by atoms with E-state index in [1.165, 1.54) is 0 Å². The van der Waals surface area contributed by atoms with Crippen molar-refractivity contribution in [1.82, 2.24) is 5.32 Å². The van der Waals surface area contributed by atoms with Crippen LogP contribution >= 0.6 is 0 Å². The van der Waals surface area contributed by atoms with Gasteiger partial charge in [-0.2, -0.15) is 0 Å². The summed E-state index contributed by atoms with van der Waals surface area (Å²) in [7, 11) is 0. The van der Waals surface area contributed by atoms with Crippen LogP contribution in [0.3, 0.4) is 0 Å². The monoisotopic (exact) mass is 147 g/mol. The Kier molecular flexibility index (Phi) is 1.24. The van der Waals surface area contributed by atoms with E-state index in [0.29, 0.717) is 18.9 Å². The number of hydrogen-bond donors (Lipinski definition) is 1. The first-order chi connectivity index (χ1) is 4.68. The lowest BCUT2D eigenvalue weighted by molar-refractivity contribution is -0.0549. The summed E-state index contributed by atoms with van der Waals surface area (Å²) in [5, 5.41) is 2.93. The molecule has 0 radical (unpaired) electrons. The van der Waals surface area contributed by atoms with E-state index in [2.05, 4.69) is 5.32 Å². The molecule has 2 rings (SSSR count). The van der Waals surface area contributed by atoms with Gasteiger partial charge in [0.1, 0.15) is 0 Å². The summed E-state index contributed by atoms with van der Waals surface area (Å²) < 4.78 is 25.7. The van der Waals surface area contributed by atoms with Crippen LogP contribution in [0.4, 0.5) is 8.78 Å². The van der Waals surface area contributed by atoms with Gasteiger partial charge in [-0.25, -0.2) is 8.78 Å². The zero-order valence-electron chi connectivity index (χ0n) is 5.74. The molecule has 2 bridgehead atoms. The third-order valence-electron chi connectivity index (χ3n) is 2.58. The fourth-order valence-electron chi connectivity index (χ4n) is 1.92. The molecule has 10 heavy (non-hydrogen) atoms. The van der Waals surface area contributed by atoms with Gasteiger partial charge in [0.05, 0.1) is 6.04 Å². The first-order valence-electron chi connectivity index (χ1n) is 3.82. The fourth-order valence-corrected chi connectivity index (χ4v) is 1.92. The normalized spacial score (nSPS) is 43.8. The van der Waals surface area contributed by atoms with E-state index < -0.39 is 12.0 Å².